The van der Waals surface area contributed by atoms with Gasteiger partial charge < -0.3 is 10.2 Å². The van der Waals surface area contributed by atoms with Crippen LogP contribution in [0, 0.1) is 5.82 Å². The van der Waals surface area contributed by atoms with Gasteiger partial charge in [-0.3, -0.25) is 4.79 Å². The lowest BCUT2D eigenvalue weighted by Gasteiger charge is -2.35. The number of hydrogen-bond donors (Lipinski definition) is 1. The minimum Gasteiger partial charge on any atom is -0.333 e. The van der Waals surface area contributed by atoms with Gasteiger partial charge in [0.25, 0.3) is 5.91 Å². The number of rotatable bonds is 5. The van der Waals surface area contributed by atoms with Crippen LogP contribution in [0.15, 0.2) is 47.4 Å². The van der Waals surface area contributed by atoms with Crippen LogP contribution in [-0.2, 0) is 9.84 Å². The van der Waals surface area contributed by atoms with Gasteiger partial charge in [0, 0.05) is 29.5 Å². The van der Waals surface area contributed by atoms with Crippen molar-refractivity contribution >= 4 is 15.7 Å². The van der Waals surface area contributed by atoms with E-state index in [-0.39, 0.29) is 16.8 Å². The molecule has 2 aromatic rings. The van der Waals surface area contributed by atoms with E-state index in [2.05, 4.69) is 10.2 Å². The molecule has 29 heavy (non-hydrogen) atoms. The van der Waals surface area contributed by atoms with E-state index >= 15 is 0 Å². The summed E-state index contributed by atoms with van der Waals surface area (Å²) in [6.07, 6.45) is 5.11. The summed E-state index contributed by atoms with van der Waals surface area (Å²) in [6.45, 7) is 1.87. The zero-order valence-corrected chi connectivity index (χ0v) is 17.2. The van der Waals surface area contributed by atoms with Crippen molar-refractivity contribution in [3.63, 3.8) is 0 Å². The van der Waals surface area contributed by atoms with Gasteiger partial charge in [-0.2, -0.15) is 0 Å². The summed E-state index contributed by atoms with van der Waals surface area (Å²) in [5.74, 6) is -0.555. The Bertz CT molecular complexity index is 1010. The molecule has 1 saturated heterocycles. The van der Waals surface area contributed by atoms with E-state index in [0.29, 0.717) is 22.7 Å². The number of carbonyl (C=O) groups excluding carboxylic acids is 1. The Labute approximate surface area is 170 Å². The van der Waals surface area contributed by atoms with Crippen LogP contribution >= 0.6 is 0 Å². The summed E-state index contributed by atoms with van der Waals surface area (Å²) < 4.78 is 37.7. The topological polar surface area (TPSA) is 66.5 Å². The van der Waals surface area contributed by atoms with Crippen molar-refractivity contribution in [1.29, 1.82) is 0 Å². The molecule has 0 aromatic heterocycles. The molecule has 5 nitrogen and oxygen atoms in total. The molecule has 2 aromatic carbocycles. The van der Waals surface area contributed by atoms with E-state index < -0.39 is 15.7 Å². The lowest BCUT2D eigenvalue weighted by Crippen LogP contribution is -2.47. The zero-order chi connectivity index (χ0) is 20.6. The minimum atomic E-state index is -3.46. The van der Waals surface area contributed by atoms with Crippen LogP contribution in [-0.4, -0.2) is 50.7 Å². The Morgan fingerprint density at radius 2 is 1.62 bits per heavy atom. The first-order chi connectivity index (χ1) is 13.8. The zero-order valence-electron chi connectivity index (χ0n) is 16.4. The molecule has 0 spiro atoms. The van der Waals surface area contributed by atoms with E-state index in [1.165, 1.54) is 12.1 Å². The fourth-order valence-corrected chi connectivity index (χ4v) is 4.60. The largest absolute Gasteiger partial charge is 0.333 e. The number of halogens is 1. The maximum atomic E-state index is 14.5. The number of piperidine rings is 1. The van der Waals surface area contributed by atoms with Crippen molar-refractivity contribution in [1.82, 2.24) is 10.2 Å². The number of nitrogens with one attached hydrogen (secondary N) is 1. The number of benzene rings is 2. The summed E-state index contributed by atoms with van der Waals surface area (Å²) in [5, 5.41) is 3.34. The lowest BCUT2D eigenvalue weighted by atomic mass is 10.0. The maximum Gasteiger partial charge on any atom is 0.254 e. The number of amides is 1. The van der Waals surface area contributed by atoms with Gasteiger partial charge in [-0.15, -0.1) is 0 Å². The van der Waals surface area contributed by atoms with Crippen molar-refractivity contribution < 1.29 is 17.6 Å². The first kappa shape index (κ1) is 20.0. The molecular weight excluding hydrogens is 391 g/mol. The van der Waals surface area contributed by atoms with Crippen molar-refractivity contribution in [2.75, 3.05) is 19.3 Å². The van der Waals surface area contributed by atoms with E-state index in [1.54, 1.807) is 24.3 Å². The van der Waals surface area contributed by atoms with Gasteiger partial charge in [0.1, 0.15) is 5.82 Å². The SMILES string of the molecule is CS(=O)(=O)c1ccc(-c2ccc(C(=O)N(C3CCNCC3)C3CC3)cc2)c(F)c1. The number of hydrogen-bond acceptors (Lipinski definition) is 4. The maximum absolute atomic E-state index is 14.5. The van der Waals surface area contributed by atoms with Crippen LogP contribution in [0.3, 0.4) is 0 Å². The second-order valence-corrected chi connectivity index (χ2v) is 9.93. The third-order valence-corrected chi connectivity index (χ3v) is 6.80. The summed E-state index contributed by atoms with van der Waals surface area (Å²) in [6, 6.07) is 11.4. The third kappa shape index (κ3) is 4.36. The summed E-state index contributed by atoms with van der Waals surface area (Å²) >= 11 is 0. The van der Waals surface area contributed by atoms with E-state index in [1.807, 2.05) is 0 Å². The van der Waals surface area contributed by atoms with Gasteiger partial charge in [0.15, 0.2) is 9.84 Å². The van der Waals surface area contributed by atoms with Gasteiger partial charge in [-0.05, 0) is 68.6 Å². The van der Waals surface area contributed by atoms with E-state index in [9.17, 15) is 17.6 Å². The molecule has 0 unspecified atom stereocenters. The van der Waals surface area contributed by atoms with E-state index in [4.69, 9.17) is 0 Å². The van der Waals surface area contributed by atoms with Crippen LogP contribution < -0.4 is 5.32 Å². The fraction of sp³-hybridized carbons (Fsp3) is 0.409. The smallest absolute Gasteiger partial charge is 0.254 e. The predicted octanol–water partition coefficient (Wildman–Crippen LogP) is 3.25. The van der Waals surface area contributed by atoms with Crippen LogP contribution in [0.1, 0.15) is 36.0 Å². The van der Waals surface area contributed by atoms with Gasteiger partial charge >= 0.3 is 0 Å². The molecule has 1 N–H and O–H groups in total. The molecule has 1 heterocycles. The summed E-state index contributed by atoms with van der Waals surface area (Å²) in [7, 11) is -3.46. The molecule has 0 atom stereocenters. The Morgan fingerprint density at radius 1 is 1.00 bits per heavy atom. The summed E-state index contributed by atoms with van der Waals surface area (Å²) in [4.78, 5) is 15.2. The Balaban J connectivity index is 1.56. The molecule has 1 saturated carbocycles. The second-order valence-electron chi connectivity index (χ2n) is 7.92. The quantitative estimate of drug-likeness (QED) is 0.813. The lowest BCUT2D eigenvalue weighted by molar-refractivity contribution is 0.0623. The molecule has 154 valence electrons. The average molecular weight is 417 g/mol. The third-order valence-electron chi connectivity index (χ3n) is 5.69. The van der Waals surface area contributed by atoms with Crippen molar-refractivity contribution in [3.8, 4) is 11.1 Å². The van der Waals surface area contributed by atoms with Crippen molar-refractivity contribution in [2.24, 2.45) is 0 Å². The molecule has 2 aliphatic rings. The first-order valence-electron chi connectivity index (χ1n) is 9.98. The molecule has 1 aliphatic carbocycles. The Kier molecular flexibility index (Phi) is 5.44. The number of sulfone groups is 1. The molecule has 1 amide bonds. The Hall–Kier alpha value is -2.25. The van der Waals surface area contributed by atoms with Gasteiger partial charge in [-0.25, -0.2) is 12.8 Å². The van der Waals surface area contributed by atoms with Gasteiger partial charge in [-0.1, -0.05) is 18.2 Å². The normalized spacial score (nSPS) is 17.9. The highest BCUT2D eigenvalue weighted by Crippen LogP contribution is 2.33. The summed E-state index contributed by atoms with van der Waals surface area (Å²) in [5.41, 5.74) is 1.53. The van der Waals surface area contributed by atoms with Crippen LogP contribution in [0.4, 0.5) is 4.39 Å². The average Bonchev–Trinajstić information content (AvgIpc) is 3.53. The van der Waals surface area contributed by atoms with E-state index in [0.717, 1.165) is 51.1 Å². The molecule has 0 bridgehead atoms. The van der Waals surface area contributed by atoms with Crippen molar-refractivity contribution in [2.45, 2.75) is 42.7 Å². The molecule has 1 aliphatic heterocycles. The molecule has 4 rings (SSSR count). The fourth-order valence-electron chi connectivity index (χ4n) is 3.97. The highest BCUT2D eigenvalue weighted by atomic mass is 32.2. The molecule has 7 heteroatoms. The standard InChI is InChI=1S/C22H25FN2O3S/c1-29(27,28)19-8-9-20(21(23)14-19)15-2-4-16(5-3-15)22(26)25(17-6-7-17)18-10-12-24-13-11-18/h2-5,8-9,14,17-18,24H,6-7,10-13H2,1H3. The van der Waals surface area contributed by atoms with Crippen LogP contribution in [0.25, 0.3) is 11.1 Å². The number of carbonyl (C=O) groups is 1. The highest BCUT2D eigenvalue weighted by Gasteiger charge is 2.38. The number of nitrogens with zero attached hydrogens (tertiary/aromatic N) is 1. The van der Waals surface area contributed by atoms with Crippen LogP contribution in [0.2, 0.25) is 0 Å². The molecule has 2 fully saturated rings. The van der Waals surface area contributed by atoms with Gasteiger partial charge in [0.2, 0.25) is 0 Å². The molecule has 0 radical (unpaired) electrons. The van der Waals surface area contributed by atoms with Crippen molar-refractivity contribution in [3.05, 3.63) is 53.8 Å². The first-order valence-corrected chi connectivity index (χ1v) is 11.9. The minimum absolute atomic E-state index is 0.0406. The van der Waals surface area contributed by atoms with Crippen LogP contribution in [0.5, 0.6) is 0 Å². The monoisotopic (exact) mass is 416 g/mol. The highest BCUT2D eigenvalue weighted by molar-refractivity contribution is 7.90. The molecular formula is C22H25FN2O3S. The Morgan fingerprint density at radius 3 is 2.17 bits per heavy atom. The predicted molar refractivity (Wildman–Crippen MR) is 110 cm³/mol. The second kappa shape index (κ2) is 7.88. The van der Waals surface area contributed by atoms with Gasteiger partial charge in [0.05, 0.1) is 4.90 Å².